The average molecular weight is 320 g/mol. The highest BCUT2D eigenvalue weighted by Gasteiger charge is 2.40. The fourth-order valence-corrected chi connectivity index (χ4v) is 4.08. The van der Waals surface area contributed by atoms with Crippen LogP contribution in [-0.2, 0) is 14.8 Å². The maximum absolute atomic E-state index is 12.1. The normalized spacial score (nSPS) is 17.7. The maximum atomic E-state index is 12.1. The van der Waals surface area contributed by atoms with Crippen molar-refractivity contribution >= 4 is 31.9 Å². The van der Waals surface area contributed by atoms with Gasteiger partial charge in [0.25, 0.3) is 0 Å². The largest absolute Gasteiger partial charge is 0.481 e. The van der Waals surface area contributed by atoms with Crippen molar-refractivity contribution in [2.45, 2.75) is 4.90 Å². The Morgan fingerprint density at radius 1 is 1.35 bits per heavy atom. The van der Waals surface area contributed by atoms with Crippen LogP contribution in [0, 0.1) is 5.92 Å². The molecule has 1 aromatic rings. The topological polar surface area (TPSA) is 74.7 Å². The van der Waals surface area contributed by atoms with Crippen molar-refractivity contribution < 1.29 is 18.3 Å². The molecule has 0 unspecified atom stereocenters. The van der Waals surface area contributed by atoms with Crippen LogP contribution in [0.5, 0.6) is 0 Å². The van der Waals surface area contributed by atoms with Gasteiger partial charge in [-0.15, -0.1) is 0 Å². The van der Waals surface area contributed by atoms with Crippen LogP contribution in [0.2, 0.25) is 0 Å². The first kappa shape index (κ1) is 12.5. The molecule has 0 amide bonds. The van der Waals surface area contributed by atoms with Crippen LogP contribution in [-0.4, -0.2) is 36.9 Å². The van der Waals surface area contributed by atoms with Crippen LogP contribution < -0.4 is 0 Å². The molecule has 2 rings (SSSR count). The Balaban J connectivity index is 2.23. The lowest BCUT2D eigenvalue weighted by Crippen LogP contribution is -2.52. The third-order valence-corrected chi connectivity index (χ3v) is 5.50. The smallest absolute Gasteiger partial charge is 0.309 e. The van der Waals surface area contributed by atoms with E-state index < -0.39 is 21.9 Å². The number of carboxylic acids is 1. The molecule has 1 aromatic carbocycles. The van der Waals surface area contributed by atoms with Crippen LogP contribution in [0.4, 0.5) is 0 Å². The number of hydrogen-bond acceptors (Lipinski definition) is 3. The lowest BCUT2D eigenvalue weighted by Gasteiger charge is -2.35. The van der Waals surface area contributed by atoms with Gasteiger partial charge >= 0.3 is 5.97 Å². The van der Waals surface area contributed by atoms with Gasteiger partial charge in [-0.1, -0.05) is 12.1 Å². The minimum Gasteiger partial charge on any atom is -0.481 e. The van der Waals surface area contributed by atoms with Crippen LogP contribution in [0.15, 0.2) is 33.6 Å². The molecule has 0 aliphatic carbocycles. The van der Waals surface area contributed by atoms with Crippen molar-refractivity contribution in [3.8, 4) is 0 Å². The first-order valence-electron chi connectivity index (χ1n) is 4.90. The second-order valence-electron chi connectivity index (χ2n) is 3.79. The van der Waals surface area contributed by atoms with Gasteiger partial charge in [-0.05, 0) is 28.1 Å². The number of benzene rings is 1. The van der Waals surface area contributed by atoms with Crippen molar-refractivity contribution in [1.29, 1.82) is 0 Å². The molecule has 17 heavy (non-hydrogen) atoms. The minimum atomic E-state index is -3.58. The van der Waals surface area contributed by atoms with E-state index in [0.717, 1.165) is 0 Å². The molecular weight excluding hydrogens is 310 g/mol. The second-order valence-corrected chi connectivity index (χ2v) is 6.55. The molecule has 1 aliphatic heterocycles. The minimum absolute atomic E-state index is 0.0407. The molecule has 0 radical (unpaired) electrons. The first-order valence-corrected chi connectivity index (χ1v) is 7.13. The molecule has 0 atom stereocenters. The molecule has 0 saturated carbocycles. The molecule has 1 saturated heterocycles. The summed E-state index contributed by atoms with van der Waals surface area (Å²) in [6.45, 7) is 0.0814. The van der Waals surface area contributed by atoms with Crippen molar-refractivity contribution in [2.24, 2.45) is 5.92 Å². The summed E-state index contributed by atoms with van der Waals surface area (Å²) in [7, 11) is -3.58. The van der Waals surface area contributed by atoms with E-state index in [4.69, 9.17) is 5.11 Å². The van der Waals surface area contributed by atoms with E-state index in [-0.39, 0.29) is 18.0 Å². The number of halogens is 1. The average Bonchev–Trinajstić information content (AvgIpc) is 2.14. The molecule has 1 heterocycles. The van der Waals surface area contributed by atoms with Crippen molar-refractivity contribution in [3.63, 3.8) is 0 Å². The van der Waals surface area contributed by atoms with Gasteiger partial charge in [0.15, 0.2) is 0 Å². The predicted octanol–water partition coefficient (Wildman–Crippen LogP) is 1.15. The standard InChI is InChI=1S/C10H10BrNO4S/c11-8-3-1-2-4-9(8)17(15,16)12-5-7(6-12)10(13)14/h1-4,7H,5-6H2,(H,13,14). The van der Waals surface area contributed by atoms with Gasteiger partial charge in [0.2, 0.25) is 10.0 Å². The lowest BCUT2D eigenvalue weighted by molar-refractivity contribution is -0.145. The van der Waals surface area contributed by atoms with Crippen LogP contribution in [0.3, 0.4) is 0 Å². The number of aliphatic carboxylic acids is 1. The summed E-state index contributed by atoms with van der Waals surface area (Å²) >= 11 is 3.18. The van der Waals surface area contributed by atoms with Crippen molar-refractivity contribution in [2.75, 3.05) is 13.1 Å². The highest BCUT2D eigenvalue weighted by atomic mass is 79.9. The molecule has 1 aliphatic rings. The monoisotopic (exact) mass is 319 g/mol. The van der Waals surface area contributed by atoms with Gasteiger partial charge in [0.1, 0.15) is 0 Å². The Bertz CT molecular complexity index is 551. The fraction of sp³-hybridized carbons (Fsp3) is 0.300. The molecule has 92 valence electrons. The summed E-state index contributed by atoms with van der Waals surface area (Å²) < 4.78 is 25.9. The van der Waals surface area contributed by atoms with Crippen LogP contribution in [0.1, 0.15) is 0 Å². The zero-order valence-corrected chi connectivity index (χ0v) is 11.1. The van der Waals surface area contributed by atoms with E-state index in [1.54, 1.807) is 18.2 Å². The van der Waals surface area contributed by atoms with Crippen molar-refractivity contribution in [3.05, 3.63) is 28.7 Å². The quantitative estimate of drug-likeness (QED) is 0.907. The van der Waals surface area contributed by atoms with E-state index in [1.807, 2.05) is 0 Å². The number of rotatable bonds is 3. The molecule has 1 fully saturated rings. The van der Waals surface area contributed by atoms with Gasteiger partial charge in [0.05, 0.1) is 10.8 Å². The Morgan fingerprint density at radius 3 is 2.47 bits per heavy atom. The van der Waals surface area contributed by atoms with E-state index in [1.165, 1.54) is 10.4 Å². The molecule has 0 aromatic heterocycles. The Labute approximate surface area is 107 Å². The Kier molecular flexibility index (Phi) is 3.24. The van der Waals surface area contributed by atoms with E-state index in [0.29, 0.717) is 4.47 Å². The van der Waals surface area contributed by atoms with Gasteiger partial charge < -0.3 is 5.11 Å². The molecule has 5 nitrogen and oxygen atoms in total. The van der Waals surface area contributed by atoms with E-state index in [9.17, 15) is 13.2 Å². The Hall–Kier alpha value is -0.920. The lowest BCUT2D eigenvalue weighted by atomic mass is 10.0. The maximum Gasteiger partial charge on any atom is 0.309 e. The highest BCUT2D eigenvalue weighted by Crippen LogP contribution is 2.29. The summed E-state index contributed by atoms with van der Waals surface area (Å²) in [4.78, 5) is 10.8. The summed E-state index contributed by atoms with van der Waals surface area (Å²) in [5, 5.41) is 8.71. The summed E-state index contributed by atoms with van der Waals surface area (Å²) in [5.41, 5.74) is 0. The molecule has 0 spiro atoms. The molecular formula is C10H10BrNO4S. The summed E-state index contributed by atoms with van der Waals surface area (Å²) in [5.74, 6) is -1.55. The number of nitrogens with zero attached hydrogens (tertiary/aromatic N) is 1. The number of hydrogen-bond donors (Lipinski definition) is 1. The van der Waals surface area contributed by atoms with Gasteiger partial charge in [-0.3, -0.25) is 4.79 Å². The number of carbonyl (C=O) groups is 1. The van der Waals surface area contributed by atoms with Gasteiger partial charge in [0, 0.05) is 17.6 Å². The summed E-state index contributed by atoms with van der Waals surface area (Å²) in [6, 6.07) is 6.49. The highest BCUT2D eigenvalue weighted by molar-refractivity contribution is 9.10. The predicted molar refractivity (Wildman–Crippen MR) is 64.0 cm³/mol. The van der Waals surface area contributed by atoms with E-state index in [2.05, 4.69) is 15.9 Å². The zero-order valence-electron chi connectivity index (χ0n) is 8.71. The zero-order chi connectivity index (χ0) is 12.6. The van der Waals surface area contributed by atoms with Gasteiger partial charge in [-0.2, -0.15) is 4.31 Å². The molecule has 1 N–H and O–H groups in total. The fourth-order valence-electron chi connectivity index (χ4n) is 1.58. The number of sulfonamides is 1. The Morgan fingerprint density at radius 2 is 1.94 bits per heavy atom. The van der Waals surface area contributed by atoms with Gasteiger partial charge in [-0.25, -0.2) is 8.42 Å². The molecule has 7 heteroatoms. The second kappa shape index (κ2) is 4.40. The summed E-state index contributed by atoms with van der Waals surface area (Å²) in [6.07, 6.45) is 0. The van der Waals surface area contributed by atoms with Crippen LogP contribution >= 0.6 is 15.9 Å². The van der Waals surface area contributed by atoms with Crippen molar-refractivity contribution in [1.82, 2.24) is 4.31 Å². The molecule has 0 bridgehead atoms. The first-order chi connectivity index (χ1) is 7.93. The number of carboxylic acid groups (broad SMARTS) is 1. The third kappa shape index (κ3) is 2.22. The third-order valence-electron chi connectivity index (χ3n) is 2.65. The SMILES string of the molecule is O=C(O)C1CN(S(=O)(=O)c2ccccc2Br)C1. The van der Waals surface area contributed by atoms with Crippen LogP contribution in [0.25, 0.3) is 0 Å². The van der Waals surface area contributed by atoms with E-state index >= 15 is 0 Å².